The van der Waals surface area contributed by atoms with Gasteiger partial charge in [0.25, 0.3) is 0 Å². The van der Waals surface area contributed by atoms with Gasteiger partial charge in [-0.1, -0.05) is 17.8 Å². The molecule has 5 nitrogen and oxygen atoms in total. The van der Waals surface area contributed by atoms with Gasteiger partial charge in [0.05, 0.1) is 36.1 Å². The van der Waals surface area contributed by atoms with Crippen molar-refractivity contribution in [3.05, 3.63) is 48.6 Å². The maximum Gasteiger partial charge on any atom is 0.233 e. The maximum absolute atomic E-state index is 12.3. The molecule has 0 aliphatic rings. The Labute approximate surface area is 127 Å². The number of rotatable bonds is 7. The second-order valence-corrected chi connectivity index (χ2v) is 5.26. The van der Waals surface area contributed by atoms with Crippen LogP contribution in [0.15, 0.2) is 52.2 Å². The van der Waals surface area contributed by atoms with Crippen LogP contribution in [0.3, 0.4) is 0 Å². The molecule has 2 aromatic heterocycles. The van der Waals surface area contributed by atoms with Gasteiger partial charge in [0.1, 0.15) is 5.76 Å². The monoisotopic (exact) mass is 301 g/mol. The van der Waals surface area contributed by atoms with Gasteiger partial charge in [0, 0.05) is 12.7 Å². The SMILES string of the molecule is N#CCCN(Cc1ccco1)C(=O)CSc1ccccn1. The Bertz CT molecular complexity index is 593. The average molecular weight is 301 g/mol. The van der Waals surface area contributed by atoms with E-state index in [2.05, 4.69) is 11.1 Å². The molecular formula is C15H15N3O2S. The summed E-state index contributed by atoms with van der Waals surface area (Å²) >= 11 is 1.39. The first-order valence-corrected chi connectivity index (χ1v) is 7.49. The molecule has 0 N–H and O–H groups in total. The molecule has 0 atom stereocenters. The van der Waals surface area contributed by atoms with Crippen LogP contribution in [0.25, 0.3) is 0 Å². The second-order valence-electron chi connectivity index (χ2n) is 4.26. The summed E-state index contributed by atoms with van der Waals surface area (Å²) in [5, 5.41) is 9.51. The molecule has 108 valence electrons. The molecule has 2 aromatic rings. The predicted octanol–water partition coefficient (Wildman–Crippen LogP) is 2.71. The van der Waals surface area contributed by atoms with E-state index in [1.54, 1.807) is 23.4 Å². The molecule has 21 heavy (non-hydrogen) atoms. The summed E-state index contributed by atoms with van der Waals surface area (Å²) in [4.78, 5) is 18.1. The van der Waals surface area contributed by atoms with Crippen LogP contribution < -0.4 is 0 Å². The lowest BCUT2D eigenvalue weighted by Crippen LogP contribution is -2.32. The lowest BCUT2D eigenvalue weighted by atomic mass is 10.3. The number of carbonyl (C=O) groups excluding carboxylic acids is 1. The van der Waals surface area contributed by atoms with Crippen LogP contribution in [-0.2, 0) is 11.3 Å². The molecule has 0 saturated carbocycles. The Hall–Kier alpha value is -2.26. The van der Waals surface area contributed by atoms with E-state index in [0.717, 1.165) is 5.03 Å². The van der Waals surface area contributed by atoms with Crippen LogP contribution >= 0.6 is 11.8 Å². The van der Waals surface area contributed by atoms with Crippen molar-refractivity contribution in [1.29, 1.82) is 5.26 Å². The standard InChI is InChI=1S/C15H15N3O2S/c16-7-4-9-18(11-13-5-3-10-20-13)15(19)12-21-14-6-1-2-8-17-14/h1-3,5-6,8,10H,4,9,11-12H2. The molecule has 0 aliphatic heterocycles. The van der Waals surface area contributed by atoms with Crippen molar-refractivity contribution < 1.29 is 9.21 Å². The molecule has 1 amide bonds. The third kappa shape index (κ3) is 4.97. The lowest BCUT2D eigenvalue weighted by Gasteiger charge is -2.20. The Kier molecular flexibility index (Phi) is 5.85. The van der Waals surface area contributed by atoms with Gasteiger partial charge in [-0.05, 0) is 24.3 Å². The Morgan fingerprint density at radius 2 is 2.29 bits per heavy atom. The average Bonchev–Trinajstić information content (AvgIpc) is 3.03. The number of hydrogen-bond acceptors (Lipinski definition) is 5. The van der Waals surface area contributed by atoms with Crippen molar-refractivity contribution in [1.82, 2.24) is 9.88 Å². The number of thioether (sulfide) groups is 1. The zero-order valence-corrected chi connectivity index (χ0v) is 12.3. The number of carbonyl (C=O) groups is 1. The lowest BCUT2D eigenvalue weighted by molar-refractivity contribution is -0.129. The largest absolute Gasteiger partial charge is 0.467 e. The Balaban J connectivity index is 1.92. The number of furan rings is 1. The van der Waals surface area contributed by atoms with Gasteiger partial charge in [-0.25, -0.2) is 4.98 Å². The number of nitriles is 1. The molecule has 2 rings (SSSR count). The van der Waals surface area contributed by atoms with Gasteiger partial charge >= 0.3 is 0 Å². The van der Waals surface area contributed by atoms with E-state index in [9.17, 15) is 4.79 Å². The van der Waals surface area contributed by atoms with Crippen LogP contribution in [-0.4, -0.2) is 28.1 Å². The van der Waals surface area contributed by atoms with Crippen molar-refractivity contribution in [3.63, 3.8) is 0 Å². The molecule has 2 heterocycles. The molecule has 0 unspecified atom stereocenters. The van der Waals surface area contributed by atoms with Crippen LogP contribution in [0.5, 0.6) is 0 Å². The molecule has 0 aliphatic carbocycles. The molecule has 0 radical (unpaired) electrons. The normalized spacial score (nSPS) is 10.0. The summed E-state index contributed by atoms with van der Waals surface area (Å²) in [6.45, 7) is 0.787. The molecule has 6 heteroatoms. The summed E-state index contributed by atoms with van der Waals surface area (Å²) in [5.41, 5.74) is 0. The summed E-state index contributed by atoms with van der Waals surface area (Å²) in [6, 6.07) is 11.2. The third-order valence-corrected chi connectivity index (χ3v) is 3.68. The highest BCUT2D eigenvalue weighted by molar-refractivity contribution is 7.99. The second kappa shape index (κ2) is 8.12. The van der Waals surface area contributed by atoms with E-state index in [-0.39, 0.29) is 5.91 Å². The van der Waals surface area contributed by atoms with Crippen LogP contribution in [0.1, 0.15) is 12.2 Å². The first kappa shape index (κ1) is 15.1. The minimum absolute atomic E-state index is 0.0303. The number of nitrogens with zero attached hydrogens (tertiary/aromatic N) is 3. The molecule has 0 fully saturated rings. The summed E-state index contributed by atoms with van der Waals surface area (Å²) in [6.07, 6.45) is 3.58. The zero-order chi connectivity index (χ0) is 14.9. The zero-order valence-electron chi connectivity index (χ0n) is 11.4. The summed E-state index contributed by atoms with van der Waals surface area (Å²) < 4.78 is 5.26. The van der Waals surface area contributed by atoms with Crippen LogP contribution in [0.2, 0.25) is 0 Å². The van der Waals surface area contributed by atoms with E-state index in [1.165, 1.54) is 11.8 Å². The minimum atomic E-state index is -0.0303. The Morgan fingerprint density at radius 3 is 2.95 bits per heavy atom. The van der Waals surface area contributed by atoms with E-state index in [4.69, 9.17) is 9.68 Å². The van der Waals surface area contributed by atoms with Crippen molar-refractivity contribution in [3.8, 4) is 6.07 Å². The topological polar surface area (TPSA) is 70.1 Å². The number of amides is 1. The third-order valence-electron chi connectivity index (χ3n) is 2.75. The molecular weight excluding hydrogens is 286 g/mol. The van der Waals surface area contributed by atoms with Crippen molar-refractivity contribution in [2.45, 2.75) is 18.0 Å². The first-order chi connectivity index (χ1) is 10.3. The van der Waals surface area contributed by atoms with Crippen LogP contribution in [0, 0.1) is 11.3 Å². The van der Waals surface area contributed by atoms with E-state index in [1.807, 2.05) is 24.3 Å². The fraction of sp³-hybridized carbons (Fsp3) is 0.267. The van der Waals surface area contributed by atoms with Gasteiger partial charge < -0.3 is 9.32 Å². The summed E-state index contributed by atoms with van der Waals surface area (Å²) in [7, 11) is 0. The molecule has 0 aromatic carbocycles. The fourth-order valence-electron chi connectivity index (χ4n) is 1.73. The first-order valence-electron chi connectivity index (χ1n) is 6.50. The van der Waals surface area contributed by atoms with E-state index >= 15 is 0 Å². The van der Waals surface area contributed by atoms with Gasteiger partial charge in [-0.2, -0.15) is 5.26 Å². The molecule has 0 bridgehead atoms. The Morgan fingerprint density at radius 1 is 1.38 bits per heavy atom. The minimum Gasteiger partial charge on any atom is -0.467 e. The quantitative estimate of drug-likeness (QED) is 0.735. The predicted molar refractivity (Wildman–Crippen MR) is 79.3 cm³/mol. The number of pyridine rings is 1. The highest BCUT2D eigenvalue weighted by Gasteiger charge is 2.15. The highest BCUT2D eigenvalue weighted by Crippen LogP contribution is 2.16. The highest BCUT2D eigenvalue weighted by atomic mass is 32.2. The maximum atomic E-state index is 12.3. The number of hydrogen-bond donors (Lipinski definition) is 0. The fourth-order valence-corrected chi connectivity index (χ4v) is 2.49. The van der Waals surface area contributed by atoms with Crippen molar-refractivity contribution in [2.24, 2.45) is 0 Å². The molecule has 0 saturated heterocycles. The van der Waals surface area contributed by atoms with Gasteiger partial charge in [-0.3, -0.25) is 4.79 Å². The number of aromatic nitrogens is 1. The van der Waals surface area contributed by atoms with Gasteiger partial charge in [-0.15, -0.1) is 0 Å². The van der Waals surface area contributed by atoms with Crippen molar-refractivity contribution in [2.75, 3.05) is 12.3 Å². The van der Waals surface area contributed by atoms with Gasteiger partial charge in [0.2, 0.25) is 5.91 Å². The van der Waals surface area contributed by atoms with Gasteiger partial charge in [0.15, 0.2) is 0 Å². The van der Waals surface area contributed by atoms with E-state index < -0.39 is 0 Å². The van der Waals surface area contributed by atoms with Crippen LogP contribution in [0.4, 0.5) is 0 Å². The van der Waals surface area contributed by atoms with Crippen molar-refractivity contribution >= 4 is 17.7 Å². The van der Waals surface area contributed by atoms with E-state index in [0.29, 0.717) is 31.0 Å². The summed E-state index contributed by atoms with van der Waals surface area (Å²) in [5.74, 6) is 0.977. The smallest absolute Gasteiger partial charge is 0.233 e. The molecule has 0 spiro atoms.